The quantitative estimate of drug-likeness (QED) is 0.850. The first kappa shape index (κ1) is 16.1. The van der Waals surface area contributed by atoms with Crippen molar-refractivity contribution >= 4 is 16.0 Å². The van der Waals surface area contributed by atoms with Crippen LogP contribution in [0.4, 0.5) is 4.39 Å². The van der Waals surface area contributed by atoms with E-state index in [0.29, 0.717) is 10.7 Å². The van der Waals surface area contributed by atoms with Gasteiger partial charge in [0.25, 0.3) is 0 Å². The Morgan fingerprint density at radius 2 is 2.15 bits per heavy atom. The zero-order valence-corrected chi connectivity index (χ0v) is 11.5. The van der Waals surface area contributed by atoms with Gasteiger partial charge in [-0.25, -0.2) is 12.8 Å². The van der Waals surface area contributed by atoms with Gasteiger partial charge in [0.15, 0.2) is 0 Å². The number of carbonyl (C=O) groups is 1. The van der Waals surface area contributed by atoms with Crippen molar-refractivity contribution < 1.29 is 22.7 Å². The highest BCUT2D eigenvalue weighted by atomic mass is 32.2. The molecule has 1 aromatic rings. The van der Waals surface area contributed by atoms with Gasteiger partial charge in [0.05, 0.1) is 0 Å². The molecular formula is C12H13FN2O4S. The molecule has 0 aliphatic heterocycles. The van der Waals surface area contributed by atoms with Crippen LogP contribution in [0.5, 0.6) is 0 Å². The van der Waals surface area contributed by atoms with Crippen molar-refractivity contribution in [1.29, 1.82) is 5.26 Å². The van der Waals surface area contributed by atoms with Crippen molar-refractivity contribution in [3.8, 4) is 6.07 Å². The van der Waals surface area contributed by atoms with Gasteiger partial charge in [-0.3, -0.25) is 4.79 Å². The number of hydrogen-bond donors (Lipinski definition) is 1. The van der Waals surface area contributed by atoms with Crippen molar-refractivity contribution in [3.63, 3.8) is 0 Å². The van der Waals surface area contributed by atoms with Crippen molar-refractivity contribution in [2.75, 3.05) is 13.1 Å². The highest BCUT2D eigenvalue weighted by Crippen LogP contribution is 2.22. The van der Waals surface area contributed by atoms with Crippen molar-refractivity contribution in [2.45, 2.75) is 18.2 Å². The van der Waals surface area contributed by atoms with E-state index in [2.05, 4.69) is 0 Å². The van der Waals surface area contributed by atoms with Crippen LogP contribution in [-0.2, 0) is 14.8 Å². The molecular weight excluding hydrogens is 287 g/mol. The van der Waals surface area contributed by atoms with Gasteiger partial charge in [-0.2, -0.15) is 9.57 Å². The number of aliphatic carboxylic acids is 1. The molecule has 1 rings (SSSR count). The Balaban J connectivity index is 3.37. The van der Waals surface area contributed by atoms with Gasteiger partial charge >= 0.3 is 5.97 Å². The Morgan fingerprint density at radius 3 is 2.65 bits per heavy atom. The van der Waals surface area contributed by atoms with Crippen LogP contribution in [0, 0.1) is 17.1 Å². The van der Waals surface area contributed by atoms with E-state index in [0.717, 1.165) is 18.2 Å². The van der Waals surface area contributed by atoms with E-state index >= 15 is 0 Å². The van der Waals surface area contributed by atoms with E-state index in [1.165, 1.54) is 6.07 Å². The van der Waals surface area contributed by atoms with E-state index < -0.39 is 38.8 Å². The lowest BCUT2D eigenvalue weighted by Gasteiger charge is -2.20. The number of sulfonamides is 1. The first-order valence-corrected chi connectivity index (χ1v) is 7.19. The summed E-state index contributed by atoms with van der Waals surface area (Å²) in [5.41, 5.74) is -0.612. The summed E-state index contributed by atoms with van der Waals surface area (Å²) in [5.74, 6) is -2.28. The molecule has 0 fully saturated rings. The molecule has 0 atom stereocenters. The standard InChI is InChI=1S/C12H13FN2O4S/c1-2-6-15(8-12(16)17)20(18,19)11-5-3-4-10(13)9(11)7-14/h3-5H,2,6,8H2,1H3,(H,16,17). The third-order valence-electron chi connectivity index (χ3n) is 2.49. The van der Waals surface area contributed by atoms with Crippen LogP contribution in [0.25, 0.3) is 0 Å². The third kappa shape index (κ3) is 3.31. The summed E-state index contributed by atoms with van der Waals surface area (Å²) in [5, 5.41) is 17.6. The van der Waals surface area contributed by atoms with Crippen LogP contribution in [0.2, 0.25) is 0 Å². The van der Waals surface area contributed by atoms with Gasteiger partial charge in [-0.1, -0.05) is 13.0 Å². The van der Waals surface area contributed by atoms with Gasteiger partial charge in [-0.15, -0.1) is 0 Å². The van der Waals surface area contributed by atoms with E-state index in [-0.39, 0.29) is 6.54 Å². The zero-order chi connectivity index (χ0) is 15.3. The minimum absolute atomic E-state index is 0.0317. The number of benzene rings is 1. The largest absolute Gasteiger partial charge is 0.480 e. The molecule has 0 saturated heterocycles. The molecule has 20 heavy (non-hydrogen) atoms. The molecule has 0 saturated carbocycles. The molecule has 1 N–H and O–H groups in total. The maximum atomic E-state index is 13.5. The van der Waals surface area contributed by atoms with Gasteiger partial charge in [0, 0.05) is 6.54 Å². The van der Waals surface area contributed by atoms with Crippen molar-refractivity contribution in [2.24, 2.45) is 0 Å². The predicted octanol–water partition coefficient (Wildman–Crippen LogP) is 1.18. The molecule has 0 aliphatic carbocycles. The molecule has 0 unspecified atom stereocenters. The van der Waals surface area contributed by atoms with E-state index in [4.69, 9.17) is 10.4 Å². The monoisotopic (exact) mass is 300 g/mol. The lowest BCUT2D eigenvalue weighted by atomic mass is 10.2. The van der Waals surface area contributed by atoms with E-state index in [1.54, 1.807) is 6.92 Å². The molecule has 0 aliphatic rings. The summed E-state index contributed by atoms with van der Waals surface area (Å²) in [7, 11) is -4.23. The Bertz CT molecular complexity index is 652. The Labute approximate surface area is 116 Å². The van der Waals surface area contributed by atoms with Crippen molar-refractivity contribution in [1.82, 2.24) is 4.31 Å². The number of carboxylic acid groups (broad SMARTS) is 1. The summed E-state index contributed by atoms with van der Waals surface area (Å²) in [6.45, 7) is 0.911. The number of nitriles is 1. The van der Waals surface area contributed by atoms with Crippen LogP contribution >= 0.6 is 0 Å². The summed E-state index contributed by atoms with van der Waals surface area (Å²) in [6, 6.07) is 4.71. The number of nitrogens with zero attached hydrogens (tertiary/aromatic N) is 2. The molecule has 1 aromatic carbocycles. The summed E-state index contributed by atoms with van der Waals surface area (Å²) >= 11 is 0. The third-order valence-corrected chi connectivity index (χ3v) is 4.38. The highest BCUT2D eigenvalue weighted by Gasteiger charge is 2.29. The van der Waals surface area contributed by atoms with E-state index in [1.807, 2.05) is 0 Å². The zero-order valence-electron chi connectivity index (χ0n) is 10.7. The van der Waals surface area contributed by atoms with Crippen LogP contribution in [0.3, 0.4) is 0 Å². The molecule has 0 amide bonds. The average Bonchev–Trinajstić information content (AvgIpc) is 2.37. The fourth-order valence-corrected chi connectivity index (χ4v) is 3.28. The molecule has 0 spiro atoms. The minimum atomic E-state index is -4.23. The Hall–Kier alpha value is -1.98. The second kappa shape index (κ2) is 6.45. The fraction of sp³-hybridized carbons (Fsp3) is 0.333. The lowest BCUT2D eigenvalue weighted by Crippen LogP contribution is -2.36. The van der Waals surface area contributed by atoms with Crippen LogP contribution in [0.15, 0.2) is 23.1 Å². The maximum Gasteiger partial charge on any atom is 0.318 e. The SMILES string of the molecule is CCCN(CC(=O)O)S(=O)(=O)c1cccc(F)c1C#N. The average molecular weight is 300 g/mol. The van der Waals surface area contributed by atoms with Crippen LogP contribution < -0.4 is 0 Å². The van der Waals surface area contributed by atoms with Gasteiger partial charge in [0.2, 0.25) is 10.0 Å². The van der Waals surface area contributed by atoms with Crippen molar-refractivity contribution in [3.05, 3.63) is 29.6 Å². The van der Waals surface area contributed by atoms with Gasteiger partial charge < -0.3 is 5.11 Å². The van der Waals surface area contributed by atoms with E-state index in [9.17, 15) is 17.6 Å². The van der Waals surface area contributed by atoms with Crippen LogP contribution in [-0.4, -0.2) is 36.9 Å². The summed E-state index contributed by atoms with van der Waals surface area (Å²) in [6.07, 6.45) is 0.393. The lowest BCUT2D eigenvalue weighted by molar-refractivity contribution is -0.137. The second-order valence-electron chi connectivity index (χ2n) is 3.96. The topological polar surface area (TPSA) is 98.5 Å². The molecule has 0 heterocycles. The molecule has 6 nitrogen and oxygen atoms in total. The number of carboxylic acids is 1. The van der Waals surface area contributed by atoms with Gasteiger partial charge in [-0.05, 0) is 18.6 Å². The predicted molar refractivity (Wildman–Crippen MR) is 67.8 cm³/mol. The van der Waals surface area contributed by atoms with Gasteiger partial charge in [0.1, 0.15) is 28.9 Å². The highest BCUT2D eigenvalue weighted by molar-refractivity contribution is 7.89. The normalized spacial score (nSPS) is 11.3. The first-order chi connectivity index (χ1) is 9.34. The second-order valence-corrected chi connectivity index (χ2v) is 5.86. The summed E-state index contributed by atoms with van der Waals surface area (Å²) < 4.78 is 38.9. The summed E-state index contributed by atoms with van der Waals surface area (Å²) in [4.78, 5) is 10.2. The first-order valence-electron chi connectivity index (χ1n) is 5.75. The molecule has 0 aromatic heterocycles. The molecule has 108 valence electrons. The Morgan fingerprint density at radius 1 is 1.50 bits per heavy atom. The van der Waals surface area contributed by atoms with Crippen LogP contribution in [0.1, 0.15) is 18.9 Å². The molecule has 8 heteroatoms. The number of rotatable bonds is 6. The molecule has 0 radical (unpaired) electrons. The number of hydrogen-bond acceptors (Lipinski definition) is 4. The minimum Gasteiger partial charge on any atom is -0.480 e. The fourth-order valence-electron chi connectivity index (χ4n) is 1.65. The smallest absolute Gasteiger partial charge is 0.318 e. The maximum absolute atomic E-state index is 13.5. The number of halogens is 1. The molecule has 0 bridgehead atoms. The Kier molecular flexibility index (Phi) is 5.19.